The fourth-order valence-electron chi connectivity index (χ4n) is 1.94. The van der Waals surface area contributed by atoms with Crippen LogP contribution in [-0.4, -0.2) is 41.7 Å². The molecule has 5 nitrogen and oxygen atoms in total. The van der Waals surface area contributed by atoms with Gasteiger partial charge in [0.05, 0.1) is 24.2 Å². The van der Waals surface area contributed by atoms with Crippen LogP contribution < -0.4 is 5.73 Å². The molecule has 0 aliphatic heterocycles. The summed E-state index contributed by atoms with van der Waals surface area (Å²) < 4.78 is 5.10. The zero-order valence-electron chi connectivity index (χ0n) is 10.9. The Hall–Kier alpha value is -1.59. The zero-order chi connectivity index (χ0) is 13.0. The molecule has 98 valence electrons. The number of imidazole rings is 1. The van der Waals surface area contributed by atoms with Crippen molar-refractivity contribution >= 4 is 16.7 Å². The van der Waals surface area contributed by atoms with Crippen LogP contribution in [0.1, 0.15) is 12.7 Å². The lowest BCUT2D eigenvalue weighted by Gasteiger charge is -2.18. The number of H-pyrrole nitrogens is 1. The van der Waals surface area contributed by atoms with E-state index in [1.807, 2.05) is 18.2 Å². The van der Waals surface area contributed by atoms with E-state index in [0.717, 1.165) is 48.8 Å². The predicted molar refractivity (Wildman–Crippen MR) is 73.3 cm³/mol. The molecule has 18 heavy (non-hydrogen) atoms. The summed E-state index contributed by atoms with van der Waals surface area (Å²) in [5.41, 5.74) is 8.46. The van der Waals surface area contributed by atoms with Crippen molar-refractivity contribution in [3.8, 4) is 0 Å². The van der Waals surface area contributed by atoms with E-state index >= 15 is 0 Å². The number of aromatic amines is 1. The highest BCUT2D eigenvalue weighted by atomic mass is 16.5. The smallest absolute Gasteiger partial charge is 0.121 e. The maximum atomic E-state index is 5.75. The van der Waals surface area contributed by atoms with Crippen molar-refractivity contribution in [3.63, 3.8) is 0 Å². The number of methoxy groups -OCH3 is 1. The maximum absolute atomic E-state index is 5.75. The van der Waals surface area contributed by atoms with E-state index in [1.54, 1.807) is 7.11 Å². The average molecular weight is 248 g/mol. The molecule has 3 N–H and O–H groups in total. The van der Waals surface area contributed by atoms with E-state index < -0.39 is 0 Å². The van der Waals surface area contributed by atoms with Gasteiger partial charge in [0.1, 0.15) is 5.82 Å². The third-order valence-corrected chi connectivity index (χ3v) is 2.99. The minimum atomic E-state index is 0.737. The number of likely N-dealkylation sites (N-methyl/N-ethyl adjacent to an activating group) is 1. The second-order valence-corrected chi connectivity index (χ2v) is 4.32. The monoisotopic (exact) mass is 248 g/mol. The first-order valence-corrected chi connectivity index (χ1v) is 6.18. The lowest BCUT2D eigenvalue weighted by Crippen LogP contribution is -2.27. The molecule has 0 unspecified atom stereocenters. The number of benzene rings is 1. The molecule has 1 heterocycles. The first-order valence-electron chi connectivity index (χ1n) is 6.18. The highest BCUT2D eigenvalue weighted by Crippen LogP contribution is 2.15. The van der Waals surface area contributed by atoms with Crippen LogP contribution in [0.2, 0.25) is 0 Å². The molecule has 0 saturated carbocycles. The Morgan fingerprint density at radius 1 is 1.44 bits per heavy atom. The van der Waals surface area contributed by atoms with E-state index in [-0.39, 0.29) is 0 Å². The van der Waals surface area contributed by atoms with Crippen molar-refractivity contribution < 1.29 is 4.74 Å². The molecule has 0 aliphatic carbocycles. The van der Waals surface area contributed by atoms with E-state index in [1.165, 1.54) is 0 Å². The molecule has 1 aromatic heterocycles. The van der Waals surface area contributed by atoms with E-state index in [9.17, 15) is 0 Å². The Morgan fingerprint density at radius 2 is 2.28 bits per heavy atom. The summed E-state index contributed by atoms with van der Waals surface area (Å²) >= 11 is 0. The molecule has 0 atom stereocenters. The first-order chi connectivity index (χ1) is 8.72. The number of rotatable bonds is 6. The Morgan fingerprint density at radius 3 is 3.00 bits per heavy atom. The summed E-state index contributed by atoms with van der Waals surface area (Å²) in [4.78, 5) is 10.1. The molecule has 0 radical (unpaired) electrons. The number of ether oxygens (including phenoxy) is 1. The van der Waals surface area contributed by atoms with Gasteiger partial charge in [0, 0.05) is 19.3 Å². The number of nitrogens with one attached hydrogen (secondary N) is 1. The van der Waals surface area contributed by atoms with Gasteiger partial charge in [-0.15, -0.1) is 0 Å². The number of fused-ring (bicyclic) bond motifs is 1. The topological polar surface area (TPSA) is 67.2 Å². The fraction of sp³-hybridized carbons (Fsp3) is 0.462. The van der Waals surface area contributed by atoms with E-state index in [4.69, 9.17) is 10.5 Å². The van der Waals surface area contributed by atoms with Gasteiger partial charge < -0.3 is 15.5 Å². The molecule has 0 amide bonds. The molecule has 0 spiro atoms. The molecule has 0 aliphatic rings. The van der Waals surface area contributed by atoms with Crippen molar-refractivity contribution in [1.82, 2.24) is 14.9 Å². The average Bonchev–Trinajstić information content (AvgIpc) is 2.75. The predicted octanol–water partition coefficient (Wildman–Crippen LogP) is 1.61. The van der Waals surface area contributed by atoms with Gasteiger partial charge in [-0.05, 0) is 24.7 Å². The van der Waals surface area contributed by atoms with Gasteiger partial charge in [0.15, 0.2) is 0 Å². The van der Waals surface area contributed by atoms with Crippen molar-refractivity contribution in [1.29, 1.82) is 0 Å². The number of hydrogen-bond acceptors (Lipinski definition) is 4. The minimum absolute atomic E-state index is 0.737. The van der Waals surface area contributed by atoms with Crippen molar-refractivity contribution in [2.45, 2.75) is 13.5 Å². The van der Waals surface area contributed by atoms with Gasteiger partial charge in [-0.25, -0.2) is 4.98 Å². The number of nitrogens with two attached hydrogens (primary N) is 1. The molecule has 0 bridgehead atoms. The Kier molecular flexibility index (Phi) is 4.17. The van der Waals surface area contributed by atoms with Gasteiger partial charge in [-0.2, -0.15) is 0 Å². The van der Waals surface area contributed by atoms with Crippen LogP contribution >= 0.6 is 0 Å². The van der Waals surface area contributed by atoms with Crippen LogP contribution in [0, 0.1) is 0 Å². The van der Waals surface area contributed by atoms with Gasteiger partial charge in [0.25, 0.3) is 0 Å². The van der Waals surface area contributed by atoms with Crippen LogP contribution in [0.25, 0.3) is 11.0 Å². The fourth-order valence-corrected chi connectivity index (χ4v) is 1.94. The molecule has 1 aromatic carbocycles. The first kappa shape index (κ1) is 12.9. The molecule has 0 fully saturated rings. The Balaban J connectivity index is 2.10. The molecular weight excluding hydrogens is 228 g/mol. The zero-order valence-corrected chi connectivity index (χ0v) is 10.9. The Labute approximate surface area is 107 Å². The van der Waals surface area contributed by atoms with Crippen molar-refractivity contribution in [2.75, 3.05) is 32.5 Å². The van der Waals surface area contributed by atoms with Crippen molar-refractivity contribution in [2.24, 2.45) is 0 Å². The molecule has 5 heteroatoms. The quantitative estimate of drug-likeness (QED) is 0.762. The van der Waals surface area contributed by atoms with Gasteiger partial charge >= 0.3 is 0 Å². The van der Waals surface area contributed by atoms with Crippen LogP contribution in [0.5, 0.6) is 0 Å². The number of aromatic nitrogens is 2. The third-order valence-electron chi connectivity index (χ3n) is 2.99. The van der Waals surface area contributed by atoms with E-state index in [2.05, 4.69) is 21.8 Å². The second-order valence-electron chi connectivity index (χ2n) is 4.32. The molecule has 0 saturated heterocycles. The van der Waals surface area contributed by atoms with Gasteiger partial charge in [0.2, 0.25) is 0 Å². The standard InChI is InChI=1S/C13H20N4O/c1-3-17(6-7-18-2)9-13-15-11-5-4-10(14)8-12(11)16-13/h4-5,8H,3,6-7,9,14H2,1-2H3,(H,15,16). The summed E-state index contributed by atoms with van der Waals surface area (Å²) in [6, 6.07) is 5.73. The van der Waals surface area contributed by atoms with Crippen LogP contribution in [-0.2, 0) is 11.3 Å². The largest absolute Gasteiger partial charge is 0.399 e. The minimum Gasteiger partial charge on any atom is -0.399 e. The summed E-state index contributed by atoms with van der Waals surface area (Å²) in [5.74, 6) is 0.966. The normalized spacial score (nSPS) is 11.5. The summed E-state index contributed by atoms with van der Waals surface area (Å²) in [6.07, 6.45) is 0. The molecular formula is C13H20N4O. The second kappa shape index (κ2) is 5.84. The maximum Gasteiger partial charge on any atom is 0.121 e. The van der Waals surface area contributed by atoms with Crippen molar-refractivity contribution in [3.05, 3.63) is 24.0 Å². The summed E-state index contributed by atoms with van der Waals surface area (Å²) in [7, 11) is 1.72. The number of anilines is 1. The summed E-state index contributed by atoms with van der Waals surface area (Å²) in [5, 5.41) is 0. The lowest BCUT2D eigenvalue weighted by atomic mass is 10.3. The highest BCUT2D eigenvalue weighted by molar-refractivity contribution is 5.78. The van der Waals surface area contributed by atoms with Crippen LogP contribution in [0.15, 0.2) is 18.2 Å². The van der Waals surface area contributed by atoms with Crippen LogP contribution in [0.4, 0.5) is 5.69 Å². The van der Waals surface area contributed by atoms with E-state index in [0.29, 0.717) is 0 Å². The highest BCUT2D eigenvalue weighted by Gasteiger charge is 2.07. The lowest BCUT2D eigenvalue weighted by molar-refractivity contribution is 0.146. The number of nitrogens with zero attached hydrogens (tertiary/aromatic N) is 2. The molecule has 2 aromatic rings. The SMILES string of the molecule is CCN(CCOC)Cc1nc2ccc(N)cc2[nH]1. The Bertz CT molecular complexity index is 509. The van der Waals surface area contributed by atoms with Gasteiger partial charge in [-0.1, -0.05) is 6.92 Å². The number of nitrogen functional groups attached to an aromatic ring is 1. The summed E-state index contributed by atoms with van der Waals surface area (Å²) in [6.45, 7) is 5.56. The third kappa shape index (κ3) is 3.00. The van der Waals surface area contributed by atoms with Gasteiger partial charge in [-0.3, -0.25) is 4.90 Å². The number of hydrogen-bond donors (Lipinski definition) is 2. The molecule has 2 rings (SSSR count). The van der Waals surface area contributed by atoms with Crippen LogP contribution in [0.3, 0.4) is 0 Å².